The largest absolute Gasteiger partial charge is 0.485 e. The molecule has 1 amide bonds. The number of carbonyl (C=O) groups excluding carboxylic acids is 1. The Kier molecular flexibility index (Phi) is 3.54. The minimum Gasteiger partial charge on any atom is -0.485 e. The number of hydrogen-bond donors (Lipinski definition) is 1. The molecule has 2 aliphatic rings. The highest BCUT2D eigenvalue weighted by Gasteiger charge is 2.43. The van der Waals surface area contributed by atoms with Crippen molar-refractivity contribution in [3.63, 3.8) is 0 Å². The molecule has 2 aromatic carbocycles. The van der Waals surface area contributed by atoms with Gasteiger partial charge in [0.25, 0.3) is 11.8 Å². The number of halogens is 2. The van der Waals surface area contributed by atoms with Crippen LogP contribution < -0.4 is 15.4 Å². The zero-order valence-electron chi connectivity index (χ0n) is 13.2. The number of hydrogen-bond acceptors (Lipinski definition) is 4. The van der Waals surface area contributed by atoms with E-state index in [0.717, 1.165) is 10.5 Å². The second kappa shape index (κ2) is 5.63. The van der Waals surface area contributed by atoms with Crippen molar-refractivity contribution in [3.8, 4) is 5.75 Å². The summed E-state index contributed by atoms with van der Waals surface area (Å²) in [7, 11) is 0. The van der Waals surface area contributed by atoms with Crippen molar-refractivity contribution in [2.75, 3.05) is 18.1 Å². The number of nitrogens with two attached hydrogens (primary N) is 1. The first-order valence-corrected chi connectivity index (χ1v) is 7.80. The van der Waals surface area contributed by atoms with Gasteiger partial charge in [-0.15, -0.1) is 0 Å². The Bertz CT molecular complexity index is 868. The van der Waals surface area contributed by atoms with Crippen LogP contribution in [0, 0.1) is 0 Å². The van der Waals surface area contributed by atoms with Crippen molar-refractivity contribution >= 4 is 17.3 Å². The lowest BCUT2D eigenvalue weighted by Crippen LogP contribution is -2.47. The molecule has 4 rings (SSSR count). The number of alkyl halides is 2. The number of para-hydroxylation sites is 1. The van der Waals surface area contributed by atoms with Crippen LogP contribution in [0.15, 0.2) is 53.5 Å². The van der Waals surface area contributed by atoms with Gasteiger partial charge in [-0.2, -0.15) is 0 Å². The molecule has 0 aliphatic carbocycles. The van der Waals surface area contributed by atoms with E-state index in [1.165, 1.54) is 0 Å². The summed E-state index contributed by atoms with van der Waals surface area (Å²) in [5.74, 6) is -3.63. The first-order valence-electron chi connectivity index (χ1n) is 7.80. The Hall–Kier alpha value is -2.80. The highest BCUT2D eigenvalue weighted by atomic mass is 19.3. The van der Waals surface area contributed by atoms with Gasteiger partial charge in [0.15, 0.2) is 12.8 Å². The molecule has 1 atom stereocenters. The molecule has 0 bridgehead atoms. The number of amides is 1. The van der Waals surface area contributed by atoms with Crippen LogP contribution >= 0.6 is 0 Å². The minimum absolute atomic E-state index is 0.223. The molecule has 0 unspecified atom stereocenters. The van der Waals surface area contributed by atoms with Gasteiger partial charge in [-0.25, -0.2) is 8.78 Å². The van der Waals surface area contributed by atoms with Crippen molar-refractivity contribution in [2.24, 2.45) is 10.7 Å². The van der Waals surface area contributed by atoms with E-state index < -0.39 is 31.1 Å². The highest BCUT2D eigenvalue weighted by Crippen LogP contribution is 2.40. The van der Waals surface area contributed by atoms with Gasteiger partial charge in [-0.3, -0.25) is 14.7 Å². The van der Waals surface area contributed by atoms with Crippen molar-refractivity contribution in [3.05, 3.63) is 59.7 Å². The molecule has 2 N–H and O–H groups in total. The molecule has 128 valence electrons. The van der Waals surface area contributed by atoms with Crippen molar-refractivity contribution in [2.45, 2.75) is 12.1 Å². The summed E-state index contributed by atoms with van der Waals surface area (Å²) in [5.41, 5.74) is 7.97. The molecule has 2 aromatic rings. The lowest BCUT2D eigenvalue weighted by molar-refractivity contribution is -0.121. The smallest absolute Gasteiger partial charge is 0.298 e. The molecule has 0 spiro atoms. The number of rotatable bonds is 1. The van der Waals surface area contributed by atoms with E-state index in [-0.39, 0.29) is 5.75 Å². The van der Waals surface area contributed by atoms with Crippen LogP contribution in [0.3, 0.4) is 0 Å². The van der Waals surface area contributed by atoms with Gasteiger partial charge in [-0.05, 0) is 6.07 Å². The molecule has 0 saturated heterocycles. The van der Waals surface area contributed by atoms with Crippen molar-refractivity contribution in [1.29, 1.82) is 0 Å². The normalized spacial score (nSPS) is 21.6. The lowest BCUT2D eigenvalue weighted by atomic mass is 9.99. The van der Waals surface area contributed by atoms with E-state index in [2.05, 4.69) is 4.99 Å². The summed E-state index contributed by atoms with van der Waals surface area (Å²) >= 11 is 0. The Balaban J connectivity index is 1.97. The zero-order chi connectivity index (χ0) is 17.6. The quantitative estimate of drug-likeness (QED) is 0.863. The second-order valence-corrected chi connectivity index (χ2v) is 6.01. The summed E-state index contributed by atoms with van der Waals surface area (Å²) in [6.07, 6.45) is -1.26. The second-order valence-electron chi connectivity index (χ2n) is 6.01. The minimum atomic E-state index is -3.18. The van der Waals surface area contributed by atoms with E-state index in [1.54, 1.807) is 18.2 Å². The molecular formula is C18H15F2N3O2. The summed E-state index contributed by atoms with van der Waals surface area (Å²) < 4.78 is 33.5. The Morgan fingerprint density at radius 1 is 1.16 bits per heavy atom. The van der Waals surface area contributed by atoms with Crippen LogP contribution in [-0.4, -0.2) is 36.9 Å². The fraction of sp³-hybridized carbons (Fsp3) is 0.222. The third kappa shape index (κ3) is 2.66. The van der Waals surface area contributed by atoms with E-state index in [9.17, 15) is 13.6 Å². The first kappa shape index (κ1) is 15.7. The third-order valence-electron chi connectivity index (χ3n) is 4.19. The summed E-state index contributed by atoms with van der Waals surface area (Å²) in [6.45, 7) is -1.58. The number of anilines is 1. The van der Waals surface area contributed by atoms with Crippen LogP contribution in [-0.2, 0) is 4.79 Å². The van der Waals surface area contributed by atoms with Crippen molar-refractivity contribution < 1.29 is 18.3 Å². The summed E-state index contributed by atoms with van der Waals surface area (Å²) in [5, 5.41) is 0. The molecular weight excluding hydrogens is 328 g/mol. The Morgan fingerprint density at radius 2 is 1.92 bits per heavy atom. The lowest BCUT2D eigenvalue weighted by Gasteiger charge is -2.25. The molecule has 0 aromatic heterocycles. The zero-order valence-corrected chi connectivity index (χ0v) is 13.2. The van der Waals surface area contributed by atoms with Gasteiger partial charge in [-0.1, -0.05) is 42.5 Å². The van der Waals surface area contributed by atoms with Crippen LogP contribution in [0.4, 0.5) is 14.5 Å². The maximum atomic E-state index is 14.1. The van der Waals surface area contributed by atoms with E-state index in [1.807, 2.05) is 30.3 Å². The standard InChI is InChI=1S/C18H15F2N3O2/c19-18(20)9-23-15-12(7-4-8-13(15)25-10-18)14(22-16(21)17(23)24)11-5-2-1-3-6-11/h1-8,16H,9-10,21H2/t16-/m0/s1. The van der Waals surface area contributed by atoms with Gasteiger partial charge < -0.3 is 10.5 Å². The number of aliphatic imine (C=N–C) groups is 1. The summed E-state index contributed by atoms with van der Waals surface area (Å²) in [4.78, 5) is 18.0. The third-order valence-corrected chi connectivity index (χ3v) is 4.19. The topological polar surface area (TPSA) is 67.9 Å². The Labute approximate surface area is 142 Å². The predicted octanol–water partition coefficient (Wildman–Crippen LogP) is 2.18. The van der Waals surface area contributed by atoms with Crippen molar-refractivity contribution in [1.82, 2.24) is 0 Å². The van der Waals surface area contributed by atoms with Crippen LogP contribution in [0.25, 0.3) is 0 Å². The van der Waals surface area contributed by atoms with Gasteiger partial charge in [0.1, 0.15) is 5.75 Å². The molecule has 2 aliphatic heterocycles. The van der Waals surface area contributed by atoms with Crippen LogP contribution in [0.2, 0.25) is 0 Å². The molecule has 5 nitrogen and oxygen atoms in total. The molecule has 0 saturated carbocycles. The number of ether oxygens (including phenoxy) is 1. The van der Waals surface area contributed by atoms with Gasteiger partial charge in [0.05, 0.1) is 17.9 Å². The predicted molar refractivity (Wildman–Crippen MR) is 89.3 cm³/mol. The van der Waals surface area contributed by atoms with E-state index in [0.29, 0.717) is 17.0 Å². The van der Waals surface area contributed by atoms with Crippen LogP contribution in [0.1, 0.15) is 11.1 Å². The van der Waals surface area contributed by atoms with Crippen LogP contribution in [0.5, 0.6) is 5.75 Å². The highest BCUT2D eigenvalue weighted by molar-refractivity contribution is 6.20. The van der Waals surface area contributed by atoms with E-state index in [4.69, 9.17) is 10.5 Å². The summed E-state index contributed by atoms with van der Waals surface area (Å²) in [6, 6.07) is 14.2. The van der Waals surface area contributed by atoms with Gasteiger partial charge in [0, 0.05) is 11.1 Å². The Morgan fingerprint density at radius 3 is 2.68 bits per heavy atom. The average Bonchev–Trinajstić information content (AvgIpc) is 2.81. The SMILES string of the molecule is N[C@H]1N=C(c2ccccc2)c2cccc3c2N(CC(F)(F)CO3)C1=O. The monoisotopic (exact) mass is 343 g/mol. The van der Waals surface area contributed by atoms with Gasteiger partial charge >= 0.3 is 0 Å². The van der Waals surface area contributed by atoms with Gasteiger partial charge in [0.2, 0.25) is 0 Å². The number of benzene rings is 2. The molecule has 7 heteroatoms. The maximum absolute atomic E-state index is 14.1. The maximum Gasteiger partial charge on any atom is 0.298 e. The number of nitrogens with zero attached hydrogens (tertiary/aromatic N) is 2. The fourth-order valence-corrected chi connectivity index (χ4v) is 3.09. The molecule has 0 radical (unpaired) electrons. The number of carbonyl (C=O) groups is 1. The molecule has 0 fully saturated rings. The van der Waals surface area contributed by atoms with E-state index >= 15 is 0 Å². The molecule has 25 heavy (non-hydrogen) atoms. The first-order chi connectivity index (χ1) is 12.0. The fourth-order valence-electron chi connectivity index (χ4n) is 3.09. The molecule has 2 heterocycles. The average molecular weight is 343 g/mol.